The van der Waals surface area contributed by atoms with Crippen LogP contribution < -0.4 is 5.32 Å². The Bertz CT molecular complexity index is 1240. The fourth-order valence-corrected chi connectivity index (χ4v) is 5.18. The topological polar surface area (TPSA) is 73.2 Å². The second-order valence-electron chi connectivity index (χ2n) is 9.62. The van der Waals surface area contributed by atoms with Gasteiger partial charge in [0.15, 0.2) is 0 Å². The van der Waals surface area contributed by atoms with Crippen LogP contribution in [0.5, 0.6) is 0 Å². The fourth-order valence-electron chi connectivity index (χ4n) is 4.07. The van der Waals surface area contributed by atoms with Crippen molar-refractivity contribution >= 4 is 38.9 Å². The molecule has 0 bridgehead atoms. The minimum atomic E-state index is -0.440. The highest BCUT2D eigenvalue weighted by Crippen LogP contribution is 2.35. The molecule has 5 nitrogen and oxygen atoms in total. The smallest absolute Gasteiger partial charge is 0.265 e. The van der Waals surface area contributed by atoms with Gasteiger partial charge in [0.25, 0.3) is 5.91 Å². The lowest BCUT2D eigenvalue weighted by Gasteiger charge is -2.36. The molecule has 0 saturated heterocycles. The Balaban J connectivity index is 1.96. The number of hydrogen-bond donors (Lipinski definition) is 1. The van der Waals surface area contributed by atoms with E-state index in [0.29, 0.717) is 27.5 Å². The summed E-state index contributed by atoms with van der Waals surface area (Å²) < 4.78 is 0. The monoisotopic (exact) mass is 475 g/mol. The molecule has 1 heterocycles. The standard InChI is InChI=1S/C28H33N3O2S/c1-7-20(8-2)25(32)30-26-23(16-29)18(3)24(34-26)27(33)31(28(4,5)6)17-19-13-14-21-11-9-10-12-22(21)15-19/h9-15,20H,7-8,17H2,1-6H3,(H,30,32). The Morgan fingerprint density at radius 3 is 2.32 bits per heavy atom. The van der Waals surface area contributed by atoms with Crippen molar-refractivity contribution in [2.24, 2.45) is 5.92 Å². The zero-order chi connectivity index (χ0) is 25.0. The molecule has 0 saturated carbocycles. The number of thiophene rings is 1. The van der Waals surface area contributed by atoms with E-state index in [1.807, 2.05) is 51.7 Å². The van der Waals surface area contributed by atoms with Crippen molar-refractivity contribution in [3.8, 4) is 6.07 Å². The van der Waals surface area contributed by atoms with Gasteiger partial charge in [-0.2, -0.15) is 5.26 Å². The van der Waals surface area contributed by atoms with E-state index >= 15 is 0 Å². The van der Waals surface area contributed by atoms with Gasteiger partial charge in [-0.25, -0.2) is 0 Å². The summed E-state index contributed by atoms with van der Waals surface area (Å²) in [4.78, 5) is 28.8. The lowest BCUT2D eigenvalue weighted by molar-refractivity contribution is -0.120. The molecule has 1 aromatic heterocycles. The maximum atomic E-state index is 13.8. The molecule has 2 aromatic carbocycles. The van der Waals surface area contributed by atoms with Gasteiger partial charge in [-0.05, 0) is 68.5 Å². The Morgan fingerprint density at radius 1 is 1.09 bits per heavy atom. The molecule has 0 radical (unpaired) electrons. The van der Waals surface area contributed by atoms with Crippen molar-refractivity contribution < 1.29 is 9.59 Å². The van der Waals surface area contributed by atoms with Crippen molar-refractivity contribution in [3.05, 3.63) is 64.0 Å². The number of anilines is 1. The molecule has 0 unspecified atom stereocenters. The summed E-state index contributed by atoms with van der Waals surface area (Å²) in [7, 11) is 0. The van der Waals surface area contributed by atoms with Crippen molar-refractivity contribution in [2.45, 2.75) is 66.5 Å². The second kappa shape index (κ2) is 10.4. The van der Waals surface area contributed by atoms with Gasteiger partial charge >= 0.3 is 0 Å². The van der Waals surface area contributed by atoms with Crippen LogP contribution >= 0.6 is 11.3 Å². The van der Waals surface area contributed by atoms with Gasteiger partial charge in [0.1, 0.15) is 11.1 Å². The number of nitrogens with zero attached hydrogens (tertiary/aromatic N) is 2. The zero-order valence-corrected chi connectivity index (χ0v) is 21.7. The molecule has 3 rings (SSSR count). The van der Waals surface area contributed by atoms with Crippen molar-refractivity contribution in [1.29, 1.82) is 5.26 Å². The highest BCUT2D eigenvalue weighted by Gasteiger charge is 2.32. The molecule has 34 heavy (non-hydrogen) atoms. The molecule has 0 fully saturated rings. The number of amides is 2. The van der Waals surface area contributed by atoms with Crippen LogP contribution in [-0.2, 0) is 11.3 Å². The van der Waals surface area contributed by atoms with Gasteiger partial charge in [-0.1, -0.05) is 50.2 Å². The summed E-state index contributed by atoms with van der Waals surface area (Å²) in [5.41, 5.74) is 1.58. The number of nitrogens with one attached hydrogen (secondary N) is 1. The van der Waals surface area contributed by atoms with Crippen LogP contribution in [0.2, 0.25) is 0 Å². The molecule has 178 valence electrons. The van der Waals surface area contributed by atoms with E-state index in [-0.39, 0.29) is 17.7 Å². The molecule has 3 aromatic rings. The average Bonchev–Trinajstić information content (AvgIpc) is 3.11. The van der Waals surface area contributed by atoms with E-state index in [9.17, 15) is 14.9 Å². The fraction of sp³-hybridized carbons (Fsp3) is 0.393. The molecule has 6 heteroatoms. The molecule has 0 aliphatic heterocycles. The first kappa shape index (κ1) is 25.5. The largest absolute Gasteiger partial charge is 0.329 e. The Kier molecular flexibility index (Phi) is 7.78. The third-order valence-corrected chi connectivity index (χ3v) is 7.45. The SMILES string of the molecule is CCC(CC)C(=O)Nc1sc(C(=O)N(Cc2ccc3ccccc3c2)C(C)(C)C)c(C)c1C#N. The van der Waals surface area contributed by atoms with Crippen LogP contribution in [0.4, 0.5) is 5.00 Å². The van der Waals surface area contributed by atoms with E-state index in [2.05, 4.69) is 41.7 Å². The number of fused-ring (bicyclic) bond motifs is 1. The third-order valence-electron chi connectivity index (χ3n) is 6.26. The minimum absolute atomic E-state index is 0.106. The maximum absolute atomic E-state index is 13.8. The zero-order valence-electron chi connectivity index (χ0n) is 20.9. The quantitative estimate of drug-likeness (QED) is 0.404. The van der Waals surface area contributed by atoms with Crippen LogP contribution in [0.25, 0.3) is 10.8 Å². The van der Waals surface area contributed by atoms with Crippen molar-refractivity contribution in [2.75, 3.05) is 5.32 Å². The van der Waals surface area contributed by atoms with Crippen molar-refractivity contribution in [3.63, 3.8) is 0 Å². The summed E-state index contributed by atoms with van der Waals surface area (Å²) in [6.07, 6.45) is 1.45. The lowest BCUT2D eigenvalue weighted by Crippen LogP contribution is -2.45. The highest BCUT2D eigenvalue weighted by atomic mass is 32.1. The first-order valence-corrected chi connectivity index (χ1v) is 12.6. The summed E-state index contributed by atoms with van der Waals surface area (Å²) in [6.45, 7) is 12.2. The number of nitriles is 1. The summed E-state index contributed by atoms with van der Waals surface area (Å²) in [5.74, 6) is -0.361. The van der Waals surface area contributed by atoms with Gasteiger partial charge in [-0.3, -0.25) is 9.59 Å². The van der Waals surface area contributed by atoms with Gasteiger partial charge in [0.05, 0.1) is 10.4 Å². The Morgan fingerprint density at radius 2 is 1.74 bits per heavy atom. The molecule has 0 aliphatic rings. The van der Waals surface area contributed by atoms with Crippen LogP contribution in [0.3, 0.4) is 0 Å². The van der Waals surface area contributed by atoms with Crippen LogP contribution in [0, 0.1) is 24.2 Å². The molecule has 2 amide bonds. The summed E-state index contributed by atoms with van der Waals surface area (Å²) >= 11 is 1.20. The van der Waals surface area contributed by atoms with E-state index in [1.54, 1.807) is 6.92 Å². The number of carbonyl (C=O) groups excluding carboxylic acids is 2. The highest BCUT2D eigenvalue weighted by molar-refractivity contribution is 7.18. The first-order chi connectivity index (χ1) is 16.1. The molecule has 0 spiro atoms. The van der Waals surface area contributed by atoms with Crippen molar-refractivity contribution in [1.82, 2.24) is 4.90 Å². The lowest BCUT2D eigenvalue weighted by atomic mass is 10.0. The Hall–Kier alpha value is -3.17. The van der Waals surface area contributed by atoms with Gasteiger partial charge < -0.3 is 10.2 Å². The average molecular weight is 476 g/mol. The number of carbonyl (C=O) groups is 2. The molecular formula is C28H33N3O2S. The number of hydrogen-bond acceptors (Lipinski definition) is 4. The predicted molar refractivity (Wildman–Crippen MR) is 140 cm³/mol. The number of rotatable bonds is 7. The molecule has 0 atom stereocenters. The third kappa shape index (κ3) is 5.31. The van der Waals surface area contributed by atoms with E-state index < -0.39 is 5.54 Å². The normalized spacial score (nSPS) is 11.5. The Labute approximate surface area is 206 Å². The minimum Gasteiger partial charge on any atom is -0.329 e. The van der Waals surface area contributed by atoms with E-state index in [0.717, 1.165) is 29.2 Å². The maximum Gasteiger partial charge on any atom is 0.265 e. The summed E-state index contributed by atoms with van der Waals surface area (Å²) in [5, 5.41) is 15.4. The van der Waals surface area contributed by atoms with Crippen LogP contribution in [-0.4, -0.2) is 22.3 Å². The predicted octanol–water partition coefficient (Wildman–Crippen LogP) is 6.90. The molecule has 0 aliphatic carbocycles. The first-order valence-electron chi connectivity index (χ1n) is 11.7. The van der Waals surface area contributed by atoms with Gasteiger partial charge in [0, 0.05) is 18.0 Å². The van der Waals surface area contributed by atoms with E-state index in [4.69, 9.17) is 0 Å². The van der Waals surface area contributed by atoms with Crippen LogP contribution in [0.15, 0.2) is 42.5 Å². The van der Waals surface area contributed by atoms with Crippen LogP contribution in [0.1, 0.15) is 73.8 Å². The van der Waals surface area contributed by atoms with E-state index in [1.165, 1.54) is 11.3 Å². The molecule has 1 N–H and O–H groups in total. The van der Waals surface area contributed by atoms with Gasteiger partial charge in [0.2, 0.25) is 5.91 Å². The number of benzene rings is 2. The van der Waals surface area contributed by atoms with Gasteiger partial charge in [-0.15, -0.1) is 11.3 Å². The second-order valence-corrected chi connectivity index (χ2v) is 10.6. The summed E-state index contributed by atoms with van der Waals surface area (Å²) in [6, 6.07) is 16.6. The molecular weight excluding hydrogens is 442 g/mol.